The van der Waals surface area contributed by atoms with Crippen LogP contribution in [0.15, 0.2) is 63.1 Å². The first kappa shape index (κ1) is 15.9. The monoisotopic (exact) mass is 364 g/mol. The van der Waals surface area contributed by atoms with E-state index in [1.165, 1.54) is 23.1 Å². The van der Waals surface area contributed by atoms with Crippen LogP contribution in [0.3, 0.4) is 0 Å². The Hall–Kier alpha value is -1.97. The highest BCUT2D eigenvalue weighted by Crippen LogP contribution is 2.27. The summed E-state index contributed by atoms with van der Waals surface area (Å²) in [6, 6.07) is 8.23. The van der Waals surface area contributed by atoms with E-state index in [1.807, 2.05) is 0 Å². The Morgan fingerprint density at radius 3 is 2.52 bits per heavy atom. The summed E-state index contributed by atoms with van der Waals surface area (Å²) < 4.78 is 24.7. The molecule has 0 unspecified atom stereocenters. The largest absolute Gasteiger partial charge is 0.384 e. The lowest BCUT2D eigenvalue weighted by Crippen LogP contribution is -2.04. The topological polar surface area (TPSA) is 98.8 Å². The number of aromatic nitrogens is 3. The van der Waals surface area contributed by atoms with Gasteiger partial charge in [0.2, 0.25) is 0 Å². The third-order valence-corrected chi connectivity index (χ3v) is 6.34. The van der Waals surface area contributed by atoms with Gasteiger partial charge in [-0.1, -0.05) is 0 Å². The SMILES string of the molecule is Nc1ccnc(Sc2ccc(S(=O)(=O)Cc3nccs3)cc2)n1. The molecule has 0 radical (unpaired) electrons. The maximum absolute atomic E-state index is 12.3. The highest BCUT2D eigenvalue weighted by atomic mass is 32.2. The van der Waals surface area contributed by atoms with E-state index < -0.39 is 9.84 Å². The highest BCUT2D eigenvalue weighted by molar-refractivity contribution is 7.99. The molecule has 6 nitrogen and oxygen atoms in total. The first-order valence-corrected chi connectivity index (χ1v) is 9.85. The quantitative estimate of drug-likeness (QED) is 0.695. The molecule has 0 saturated carbocycles. The van der Waals surface area contributed by atoms with Crippen LogP contribution < -0.4 is 5.73 Å². The summed E-state index contributed by atoms with van der Waals surface area (Å²) in [6.07, 6.45) is 3.18. The molecule has 0 fully saturated rings. The molecule has 23 heavy (non-hydrogen) atoms. The lowest BCUT2D eigenvalue weighted by Gasteiger charge is -2.04. The molecule has 2 N–H and O–H groups in total. The second kappa shape index (κ2) is 6.65. The number of hydrogen-bond donors (Lipinski definition) is 1. The fourth-order valence-corrected chi connectivity index (χ4v) is 4.80. The summed E-state index contributed by atoms with van der Waals surface area (Å²) in [6.45, 7) is 0. The van der Waals surface area contributed by atoms with Gasteiger partial charge in [-0.15, -0.1) is 11.3 Å². The second-order valence-corrected chi connectivity index (χ2v) is 8.53. The average Bonchev–Trinajstić information content (AvgIpc) is 3.00. The van der Waals surface area contributed by atoms with Crippen molar-refractivity contribution < 1.29 is 8.42 Å². The smallest absolute Gasteiger partial charge is 0.194 e. The third kappa shape index (κ3) is 4.06. The lowest BCUT2D eigenvalue weighted by atomic mass is 10.4. The molecule has 3 aromatic rings. The highest BCUT2D eigenvalue weighted by Gasteiger charge is 2.17. The van der Waals surface area contributed by atoms with Crippen LogP contribution in [0, 0.1) is 0 Å². The van der Waals surface area contributed by atoms with Crippen molar-refractivity contribution in [3.05, 3.63) is 53.1 Å². The Morgan fingerprint density at radius 2 is 1.87 bits per heavy atom. The van der Waals surface area contributed by atoms with E-state index in [1.54, 1.807) is 48.1 Å². The Morgan fingerprint density at radius 1 is 1.09 bits per heavy atom. The molecule has 0 spiro atoms. The Bertz CT molecular complexity index is 894. The molecule has 0 amide bonds. The van der Waals surface area contributed by atoms with Gasteiger partial charge in [-0.3, -0.25) is 0 Å². The molecule has 2 aromatic heterocycles. The van der Waals surface area contributed by atoms with Crippen molar-refractivity contribution in [1.29, 1.82) is 0 Å². The number of hydrogen-bond acceptors (Lipinski definition) is 8. The zero-order chi connectivity index (χ0) is 16.3. The fraction of sp³-hybridized carbons (Fsp3) is 0.0714. The molecule has 0 saturated heterocycles. The number of thiazole rings is 1. The van der Waals surface area contributed by atoms with Crippen LogP contribution >= 0.6 is 23.1 Å². The van der Waals surface area contributed by atoms with Crippen LogP contribution in [0.1, 0.15) is 5.01 Å². The molecule has 0 aliphatic rings. The molecule has 0 bridgehead atoms. The van der Waals surface area contributed by atoms with Gasteiger partial charge >= 0.3 is 0 Å². The summed E-state index contributed by atoms with van der Waals surface area (Å²) in [5.74, 6) is 0.306. The zero-order valence-corrected chi connectivity index (χ0v) is 14.2. The molecule has 0 atom stereocenters. The number of rotatable bonds is 5. The molecule has 9 heteroatoms. The maximum Gasteiger partial charge on any atom is 0.194 e. The molecular weight excluding hydrogens is 352 g/mol. The number of anilines is 1. The van der Waals surface area contributed by atoms with Crippen molar-refractivity contribution in [3.8, 4) is 0 Å². The normalized spacial score (nSPS) is 11.5. The van der Waals surface area contributed by atoms with Crippen molar-refractivity contribution in [2.45, 2.75) is 20.7 Å². The first-order valence-electron chi connectivity index (χ1n) is 6.50. The van der Waals surface area contributed by atoms with E-state index in [-0.39, 0.29) is 10.6 Å². The van der Waals surface area contributed by atoms with Crippen molar-refractivity contribution in [3.63, 3.8) is 0 Å². The molecule has 2 heterocycles. The maximum atomic E-state index is 12.3. The Kier molecular flexibility index (Phi) is 4.60. The Balaban J connectivity index is 1.76. The lowest BCUT2D eigenvalue weighted by molar-refractivity contribution is 0.595. The predicted molar refractivity (Wildman–Crippen MR) is 90.0 cm³/mol. The summed E-state index contributed by atoms with van der Waals surface area (Å²) in [7, 11) is -3.39. The van der Waals surface area contributed by atoms with Crippen LogP contribution in [0.2, 0.25) is 0 Å². The second-order valence-electron chi connectivity index (χ2n) is 4.52. The van der Waals surface area contributed by atoms with Crippen molar-refractivity contribution in [1.82, 2.24) is 15.0 Å². The van der Waals surface area contributed by atoms with Crippen LogP contribution in [0.25, 0.3) is 0 Å². The summed E-state index contributed by atoms with van der Waals surface area (Å²) in [5, 5.41) is 2.86. The van der Waals surface area contributed by atoms with Gasteiger partial charge in [0.05, 0.1) is 4.90 Å². The Labute approximate surface area is 141 Å². The van der Waals surface area contributed by atoms with Gasteiger partial charge < -0.3 is 5.73 Å². The summed E-state index contributed by atoms with van der Waals surface area (Å²) in [4.78, 5) is 13.3. The molecular formula is C14H12N4O2S3. The summed E-state index contributed by atoms with van der Waals surface area (Å²) in [5.41, 5.74) is 5.61. The van der Waals surface area contributed by atoms with E-state index in [0.29, 0.717) is 16.0 Å². The number of benzene rings is 1. The van der Waals surface area contributed by atoms with Crippen molar-refractivity contribution >= 4 is 38.8 Å². The first-order chi connectivity index (χ1) is 11.0. The standard InChI is InChI=1S/C14H12N4O2S3/c15-12-5-6-17-14(18-12)22-10-1-3-11(4-2-10)23(19,20)9-13-16-7-8-21-13/h1-8H,9H2,(H2,15,17,18). The van der Waals surface area contributed by atoms with Crippen LogP contribution in [-0.4, -0.2) is 23.4 Å². The molecule has 0 aliphatic heterocycles. The minimum absolute atomic E-state index is 0.0878. The fourth-order valence-electron chi connectivity index (χ4n) is 1.79. The third-order valence-electron chi connectivity index (χ3n) is 2.84. The minimum atomic E-state index is -3.39. The van der Waals surface area contributed by atoms with E-state index in [9.17, 15) is 8.42 Å². The molecule has 1 aromatic carbocycles. The molecule has 118 valence electrons. The van der Waals surface area contributed by atoms with Gasteiger partial charge in [-0.25, -0.2) is 23.4 Å². The van der Waals surface area contributed by atoms with Gasteiger partial charge in [0, 0.05) is 22.7 Å². The average molecular weight is 364 g/mol. The predicted octanol–water partition coefficient (Wildman–Crippen LogP) is 2.64. The number of sulfone groups is 1. The van der Waals surface area contributed by atoms with Crippen LogP contribution in [0.4, 0.5) is 5.82 Å². The number of nitrogen functional groups attached to an aromatic ring is 1. The van der Waals surface area contributed by atoms with Crippen molar-refractivity contribution in [2.24, 2.45) is 0 Å². The van der Waals surface area contributed by atoms with Crippen molar-refractivity contribution in [2.75, 3.05) is 5.73 Å². The van der Waals surface area contributed by atoms with E-state index in [4.69, 9.17) is 5.73 Å². The van der Waals surface area contributed by atoms with E-state index >= 15 is 0 Å². The number of nitrogens with two attached hydrogens (primary N) is 1. The van der Waals surface area contributed by atoms with Gasteiger partial charge in [-0.2, -0.15) is 0 Å². The van der Waals surface area contributed by atoms with Gasteiger partial charge in [-0.05, 0) is 42.1 Å². The zero-order valence-electron chi connectivity index (χ0n) is 11.8. The van der Waals surface area contributed by atoms with Crippen LogP contribution in [0.5, 0.6) is 0 Å². The summed E-state index contributed by atoms with van der Waals surface area (Å²) >= 11 is 2.65. The van der Waals surface area contributed by atoms with E-state index in [2.05, 4.69) is 15.0 Å². The van der Waals surface area contributed by atoms with E-state index in [0.717, 1.165) is 4.90 Å². The molecule has 3 rings (SSSR count). The van der Waals surface area contributed by atoms with Gasteiger partial charge in [0.25, 0.3) is 0 Å². The number of nitrogens with zero attached hydrogens (tertiary/aromatic N) is 3. The minimum Gasteiger partial charge on any atom is -0.384 e. The molecule has 0 aliphatic carbocycles. The van der Waals surface area contributed by atoms with Gasteiger partial charge in [0.1, 0.15) is 16.6 Å². The van der Waals surface area contributed by atoms with Crippen LogP contribution in [-0.2, 0) is 15.6 Å². The van der Waals surface area contributed by atoms with Gasteiger partial charge in [0.15, 0.2) is 15.0 Å².